The third-order valence-electron chi connectivity index (χ3n) is 15.2. The fraction of sp³-hybridized carbons (Fsp3) is 0.636. The number of rotatable bonds is 20. The van der Waals surface area contributed by atoms with Crippen LogP contribution in [0.4, 0.5) is 0 Å². The zero-order valence-corrected chi connectivity index (χ0v) is 43.6. The number of Topliss-reactive ketones (excluding diaryl/α,β-unsaturated/α-hetero) is 2. The maximum atomic E-state index is 14.4. The van der Waals surface area contributed by atoms with Gasteiger partial charge in [-0.1, -0.05) is 146 Å². The summed E-state index contributed by atoms with van der Waals surface area (Å²) in [5.41, 5.74) is 8.32. The number of hydrogen-bond donors (Lipinski definition) is 0. The molecule has 356 valence electrons. The zero-order valence-electron chi connectivity index (χ0n) is 42.2. The summed E-state index contributed by atoms with van der Waals surface area (Å²) in [4.78, 5) is 59.7. The van der Waals surface area contributed by atoms with Gasteiger partial charge < -0.3 is 30.4 Å². The van der Waals surface area contributed by atoms with E-state index >= 15 is 0 Å². The minimum absolute atomic E-state index is 0. The van der Waals surface area contributed by atoms with Crippen LogP contribution < -0.4 is 4.98 Å². The number of fused-ring (bicyclic) bond motifs is 7. The number of methoxy groups -OCH3 is 1. The maximum absolute atomic E-state index is 14.4. The Kier molecular flexibility index (Phi) is 18.9. The monoisotopic (exact) mass is 913 g/mol. The summed E-state index contributed by atoms with van der Waals surface area (Å²) in [5.74, 6) is -0.548. The Morgan fingerprint density at radius 3 is 2.14 bits per heavy atom. The molecule has 5 aliphatic rings. The van der Waals surface area contributed by atoms with Gasteiger partial charge in [0.2, 0.25) is 0 Å². The molecule has 1 aliphatic carbocycles. The zero-order chi connectivity index (χ0) is 47.3. The van der Waals surface area contributed by atoms with Gasteiger partial charge in [-0.15, -0.1) is 23.2 Å². The minimum atomic E-state index is -1.20. The Balaban J connectivity index is 0.00000817. The van der Waals surface area contributed by atoms with Gasteiger partial charge in [-0.2, -0.15) is 17.1 Å². The minimum Gasteiger partial charge on any atom is -0.682 e. The number of carbonyl (C=O) groups is 4. The van der Waals surface area contributed by atoms with Crippen LogP contribution in [0.1, 0.15) is 174 Å². The molecule has 2 saturated heterocycles. The summed E-state index contributed by atoms with van der Waals surface area (Å²) in [5, 5.41) is 15.6. The second-order valence-corrected chi connectivity index (χ2v) is 20.5. The molecule has 1 unspecified atom stereocenters. The fourth-order valence-corrected chi connectivity index (χ4v) is 11.0. The molecule has 66 heavy (non-hydrogen) atoms. The van der Waals surface area contributed by atoms with E-state index in [9.17, 15) is 19.2 Å². The normalized spacial score (nSPS) is 28.9. The van der Waals surface area contributed by atoms with Crippen LogP contribution in [-0.4, -0.2) is 72.4 Å². The number of hydrogen-bond acceptors (Lipinski definition) is 6. The summed E-state index contributed by atoms with van der Waals surface area (Å²) >= 11 is 0. The van der Waals surface area contributed by atoms with Crippen molar-refractivity contribution in [2.75, 3.05) is 13.7 Å². The molecule has 4 aliphatic heterocycles. The standard InChI is InChI=1S/C55H77N4O6.Mg/c1-13-39-34(7)41-29-46-48(38(11)60)36(9)43(57-46)27-42-35(8)40(52(58-42)50-51(55(63)64-12)54(62)49-37(10)44(59-53(49)50)28-45(39)56-41)23-24-47(61)65-26-25-33(6)22-16-21-32(5)20-15-19-31(4)18-14-17-30(2)3;/h25,27-32,34-35,39-40,45,51,53H,13-24,26H2,1-12H3,(H-,56,57,60);/q-3;+2/p-1/b33-25+,42-27-,44-28-,52-50-;/t31-,32-,34-,35+,39-,40+,45?,51-,53+;/m1./s1. The molecule has 0 radical (unpaired) electrons. The second kappa shape index (κ2) is 23.5. The summed E-state index contributed by atoms with van der Waals surface area (Å²) in [7, 11) is 1.30. The topological polar surface area (TPSA) is 143 Å². The number of allylic oxidation sites excluding steroid dienone is 5. The van der Waals surface area contributed by atoms with E-state index in [1.807, 2.05) is 32.1 Å². The summed E-state index contributed by atoms with van der Waals surface area (Å²) in [6, 6.07) is -0.915. The fourth-order valence-electron chi connectivity index (χ4n) is 11.0. The molecule has 11 heteroatoms. The molecule has 0 spiro atoms. The van der Waals surface area contributed by atoms with Crippen molar-refractivity contribution in [3.8, 4) is 0 Å². The molecule has 0 N–H and O–H groups in total. The first-order chi connectivity index (χ1) is 30.9. The average Bonchev–Trinajstić information content (AvgIpc) is 4.00. The van der Waals surface area contributed by atoms with Crippen molar-refractivity contribution in [1.29, 1.82) is 0 Å². The van der Waals surface area contributed by atoms with E-state index in [0.717, 1.165) is 47.9 Å². The van der Waals surface area contributed by atoms with E-state index in [4.69, 9.17) is 30.4 Å². The molecule has 6 rings (SSSR count). The first-order valence-electron chi connectivity index (χ1n) is 24.8. The van der Waals surface area contributed by atoms with Crippen LogP contribution in [0.15, 0.2) is 57.2 Å². The quantitative estimate of drug-likeness (QED) is 0.0416. The summed E-state index contributed by atoms with van der Waals surface area (Å²) < 4.78 is 11.1. The van der Waals surface area contributed by atoms with Gasteiger partial charge in [0.25, 0.3) is 0 Å². The Bertz CT molecular complexity index is 2170. The molecule has 1 aromatic rings. The Morgan fingerprint density at radius 2 is 1.50 bits per heavy atom. The van der Waals surface area contributed by atoms with Crippen LogP contribution in [-0.2, 0) is 23.9 Å². The molecule has 3 fully saturated rings. The van der Waals surface area contributed by atoms with Gasteiger partial charge in [0, 0.05) is 12.0 Å². The number of nitrogens with zero attached hydrogens (tertiary/aromatic N) is 4. The van der Waals surface area contributed by atoms with Gasteiger partial charge >= 0.3 is 35.0 Å². The van der Waals surface area contributed by atoms with Gasteiger partial charge in [0.1, 0.15) is 12.5 Å². The van der Waals surface area contributed by atoms with Gasteiger partial charge in [0.15, 0.2) is 11.6 Å². The first kappa shape index (κ1) is 53.1. The van der Waals surface area contributed by atoms with E-state index in [1.165, 1.54) is 57.6 Å². The third kappa shape index (κ3) is 11.9. The van der Waals surface area contributed by atoms with Crippen LogP contribution >= 0.6 is 0 Å². The molecule has 8 bridgehead atoms. The van der Waals surface area contributed by atoms with Crippen molar-refractivity contribution in [3.63, 3.8) is 0 Å². The number of carbonyl (C=O) groups excluding carboxylic acids is 4. The number of ether oxygens (including phenoxy) is 2. The van der Waals surface area contributed by atoms with Crippen LogP contribution in [0.5, 0.6) is 0 Å². The molecular weight excluding hydrogens is 837 g/mol. The van der Waals surface area contributed by atoms with Crippen molar-refractivity contribution in [3.05, 3.63) is 95.7 Å². The van der Waals surface area contributed by atoms with Gasteiger partial charge in [-0.25, -0.2) is 0 Å². The Morgan fingerprint density at radius 1 is 0.848 bits per heavy atom. The van der Waals surface area contributed by atoms with Crippen molar-refractivity contribution >= 4 is 58.7 Å². The first-order valence-corrected chi connectivity index (χ1v) is 24.8. The van der Waals surface area contributed by atoms with Gasteiger partial charge in [-0.05, 0) is 100 Å². The predicted octanol–water partition coefficient (Wildman–Crippen LogP) is 12.8. The number of ketones is 2. The van der Waals surface area contributed by atoms with E-state index in [-0.39, 0.29) is 83.3 Å². The van der Waals surface area contributed by atoms with Crippen molar-refractivity contribution < 1.29 is 28.7 Å². The van der Waals surface area contributed by atoms with Crippen molar-refractivity contribution in [1.82, 2.24) is 4.98 Å². The molecule has 1 saturated carbocycles. The van der Waals surface area contributed by atoms with Crippen LogP contribution in [0, 0.1) is 54.3 Å². The Labute approximate surface area is 412 Å². The summed E-state index contributed by atoms with van der Waals surface area (Å²) in [6.45, 7) is 23.5. The molecule has 0 amide bonds. The molecule has 0 aromatic carbocycles. The number of esters is 2. The van der Waals surface area contributed by atoms with E-state index in [2.05, 4.69) is 61.5 Å². The van der Waals surface area contributed by atoms with Crippen LogP contribution in [0.3, 0.4) is 0 Å². The van der Waals surface area contributed by atoms with E-state index in [0.29, 0.717) is 57.5 Å². The SMILES string of the molecule is CC[C@H]1C2/C=C3\[N-][C@H]4C(=C3C)C(=O)[C@H](C(=O)OC)/C4=C3/[N-]/C(=C\c4[n-]c(c(C(C)=O)c4C)/C=C(\[N-]2)[C@@H]1C)[C@@H](C)[C@@H]3CCC(=O)OC/C=C(\C)CCC[C@H](C)CCC[C@H](C)CCCC(C)C.[Mg+2]. The Hall–Kier alpha value is -3.83. The van der Waals surface area contributed by atoms with Gasteiger partial charge in [0.05, 0.1) is 7.11 Å². The van der Waals surface area contributed by atoms with E-state index < -0.39 is 17.9 Å². The molecule has 5 heterocycles. The molecule has 10 nitrogen and oxygen atoms in total. The van der Waals surface area contributed by atoms with Crippen molar-refractivity contribution in [2.24, 2.45) is 47.3 Å². The average molecular weight is 914 g/mol. The van der Waals surface area contributed by atoms with Gasteiger partial charge in [-0.3, -0.25) is 19.2 Å². The van der Waals surface area contributed by atoms with E-state index in [1.54, 1.807) is 6.92 Å². The second-order valence-electron chi connectivity index (χ2n) is 20.5. The van der Waals surface area contributed by atoms with Crippen molar-refractivity contribution in [2.45, 2.75) is 165 Å². The number of aromatic nitrogens is 1. The molecule has 9 atom stereocenters. The smallest absolute Gasteiger partial charge is 0.682 e. The third-order valence-corrected chi connectivity index (χ3v) is 15.2. The summed E-state index contributed by atoms with van der Waals surface area (Å²) in [6.07, 6.45) is 20.6. The maximum Gasteiger partial charge on any atom is 2.00 e. The largest absolute Gasteiger partial charge is 2.00 e. The molecule has 1 aromatic heterocycles. The van der Waals surface area contributed by atoms with Crippen LogP contribution in [0.25, 0.3) is 28.1 Å². The predicted molar refractivity (Wildman–Crippen MR) is 266 cm³/mol. The molecular formula is C55H76MgN4O6-2. The van der Waals surface area contributed by atoms with Crippen LogP contribution in [0.2, 0.25) is 0 Å².